The van der Waals surface area contributed by atoms with Crippen LogP contribution >= 0.6 is 0 Å². The monoisotopic (exact) mass is 497 g/mol. The zero-order chi connectivity index (χ0) is 25.9. The number of carbonyl (C=O) groups excluding carboxylic acids is 1. The Balaban J connectivity index is 1.49. The Kier molecular flexibility index (Phi) is 6.80. The van der Waals surface area contributed by atoms with E-state index in [4.69, 9.17) is 18.6 Å². The van der Waals surface area contributed by atoms with Gasteiger partial charge in [0.1, 0.15) is 28.8 Å². The minimum Gasteiger partial charge on any atom is -0.496 e. The number of nitrogens with zero attached hydrogens (tertiary/aromatic N) is 3. The van der Waals surface area contributed by atoms with Crippen LogP contribution in [0.4, 0.5) is 0 Å². The molecule has 0 spiro atoms. The Bertz CT molecular complexity index is 1500. The van der Waals surface area contributed by atoms with Gasteiger partial charge < -0.3 is 23.5 Å². The molecular formula is C29H27N3O5. The SMILES string of the molecule is COc1cc(C(=O)N(C)C)ccc1-c1cc2nccc(-c3ccc(OCC4CCOC4)c(C#N)c3)c2o1. The van der Waals surface area contributed by atoms with Crippen LogP contribution in [-0.2, 0) is 4.74 Å². The van der Waals surface area contributed by atoms with Gasteiger partial charge in [-0.15, -0.1) is 0 Å². The molecule has 3 heterocycles. The molecule has 0 aliphatic carbocycles. The highest BCUT2D eigenvalue weighted by Gasteiger charge is 2.20. The van der Waals surface area contributed by atoms with Crippen LogP contribution in [-0.4, -0.2) is 56.8 Å². The summed E-state index contributed by atoms with van der Waals surface area (Å²) in [5.74, 6) is 1.88. The molecule has 37 heavy (non-hydrogen) atoms. The number of rotatable bonds is 7. The summed E-state index contributed by atoms with van der Waals surface area (Å²) in [5, 5.41) is 9.77. The maximum absolute atomic E-state index is 12.4. The van der Waals surface area contributed by atoms with Crippen LogP contribution in [0.3, 0.4) is 0 Å². The van der Waals surface area contributed by atoms with Gasteiger partial charge in [0.05, 0.1) is 31.5 Å². The smallest absolute Gasteiger partial charge is 0.253 e. The number of hydrogen-bond donors (Lipinski definition) is 0. The number of nitriles is 1. The van der Waals surface area contributed by atoms with Crippen molar-refractivity contribution in [3.05, 3.63) is 65.9 Å². The first-order valence-electron chi connectivity index (χ1n) is 12.0. The Labute approximate surface area is 215 Å². The van der Waals surface area contributed by atoms with Gasteiger partial charge in [0.2, 0.25) is 0 Å². The summed E-state index contributed by atoms with van der Waals surface area (Å²) in [6, 6.07) is 16.8. The number of aromatic nitrogens is 1. The van der Waals surface area contributed by atoms with Gasteiger partial charge in [0.15, 0.2) is 5.58 Å². The fourth-order valence-electron chi connectivity index (χ4n) is 4.42. The van der Waals surface area contributed by atoms with Gasteiger partial charge in [0.25, 0.3) is 5.91 Å². The minimum absolute atomic E-state index is 0.115. The standard InChI is InChI=1S/C29H27N3O5/c1-32(2)29(33)20-4-6-23(26(13-20)34-3)27-14-24-28(37-27)22(8-10-31-24)19-5-7-25(21(12-19)15-30)36-17-18-9-11-35-16-18/h4-8,10,12-14,18H,9,11,16-17H2,1-3H3. The molecule has 1 atom stereocenters. The lowest BCUT2D eigenvalue weighted by Gasteiger charge is -2.13. The van der Waals surface area contributed by atoms with Crippen LogP contribution in [0.15, 0.2) is 59.1 Å². The normalized spacial score (nSPS) is 14.9. The van der Waals surface area contributed by atoms with E-state index in [-0.39, 0.29) is 5.91 Å². The second-order valence-corrected chi connectivity index (χ2v) is 9.16. The highest BCUT2D eigenvalue weighted by Crippen LogP contribution is 2.38. The summed E-state index contributed by atoms with van der Waals surface area (Å²) in [6.45, 7) is 1.97. The van der Waals surface area contributed by atoms with E-state index < -0.39 is 0 Å². The van der Waals surface area contributed by atoms with Gasteiger partial charge >= 0.3 is 0 Å². The van der Waals surface area contributed by atoms with E-state index in [1.807, 2.05) is 30.3 Å². The summed E-state index contributed by atoms with van der Waals surface area (Å²) in [7, 11) is 4.97. The van der Waals surface area contributed by atoms with E-state index in [0.29, 0.717) is 64.2 Å². The largest absolute Gasteiger partial charge is 0.496 e. The van der Waals surface area contributed by atoms with Gasteiger partial charge in [-0.05, 0) is 48.4 Å². The third-order valence-corrected chi connectivity index (χ3v) is 6.44. The molecule has 0 bridgehead atoms. The van der Waals surface area contributed by atoms with Gasteiger partial charge in [-0.25, -0.2) is 0 Å². The first-order valence-corrected chi connectivity index (χ1v) is 12.0. The van der Waals surface area contributed by atoms with Gasteiger partial charge in [0, 0.05) is 50.0 Å². The third-order valence-electron chi connectivity index (χ3n) is 6.44. The van der Waals surface area contributed by atoms with Gasteiger partial charge in [-0.2, -0.15) is 5.26 Å². The Morgan fingerprint density at radius 3 is 2.73 bits per heavy atom. The molecule has 1 aliphatic rings. The van der Waals surface area contributed by atoms with Crippen molar-refractivity contribution in [1.82, 2.24) is 9.88 Å². The molecule has 1 amide bonds. The molecule has 4 aromatic rings. The number of methoxy groups -OCH3 is 1. The second-order valence-electron chi connectivity index (χ2n) is 9.16. The van der Waals surface area contributed by atoms with E-state index in [9.17, 15) is 10.1 Å². The van der Waals surface area contributed by atoms with Crippen molar-refractivity contribution in [2.24, 2.45) is 5.92 Å². The lowest BCUT2D eigenvalue weighted by molar-refractivity contribution is 0.0827. The summed E-state index contributed by atoms with van der Waals surface area (Å²) >= 11 is 0. The molecule has 8 heteroatoms. The zero-order valence-corrected chi connectivity index (χ0v) is 21.0. The molecule has 0 radical (unpaired) electrons. The fraction of sp³-hybridized carbons (Fsp3) is 0.276. The molecule has 5 rings (SSSR count). The van der Waals surface area contributed by atoms with Crippen LogP contribution in [0.5, 0.6) is 11.5 Å². The van der Waals surface area contributed by atoms with Crippen LogP contribution in [0.25, 0.3) is 33.6 Å². The highest BCUT2D eigenvalue weighted by atomic mass is 16.5. The number of benzene rings is 2. The van der Waals surface area contributed by atoms with Gasteiger partial charge in [-0.1, -0.05) is 6.07 Å². The molecule has 188 valence electrons. The number of furan rings is 1. The van der Waals surface area contributed by atoms with E-state index in [2.05, 4.69) is 11.1 Å². The number of amides is 1. The maximum Gasteiger partial charge on any atom is 0.253 e. The van der Waals surface area contributed by atoms with Crippen molar-refractivity contribution in [3.63, 3.8) is 0 Å². The van der Waals surface area contributed by atoms with Crippen LogP contribution < -0.4 is 9.47 Å². The first-order chi connectivity index (χ1) is 18.0. The van der Waals surface area contributed by atoms with E-state index in [1.165, 1.54) is 4.90 Å². The Hall–Kier alpha value is -4.35. The molecule has 1 saturated heterocycles. The lowest BCUT2D eigenvalue weighted by Crippen LogP contribution is -2.21. The van der Waals surface area contributed by atoms with Gasteiger partial charge in [-0.3, -0.25) is 9.78 Å². The topological polar surface area (TPSA) is 97.8 Å². The molecule has 8 nitrogen and oxygen atoms in total. The number of carbonyl (C=O) groups is 1. The first kappa shape index (κ1) is 24.3. The van der Waals surface area contributed by atoms with Crippen molar-refractivity contribution in [2.45, 2.75) is 6.42 Å². The van der Waals surface area contributed by atoms with Crippen molar-refractivity contribution in [1.29, 1.82) is 5.26 Å². The molecule has 1 aliphatic heterocycles. The summed E-state index contributed by atoms with van der Waals surface area (Å²) < 4.78 is 23.2. The summed E-state index contributed by atoms with van der Waals surface area (Å²) in [6.07, 6.45) is 2.68. The highest BCUT2D eigenvalue weighted by molar-refractivity contribution is 5.96. The molecule has 1 unspecified atom stereocenters. The van der Waals surface area contributed by atoms with Crippen molar-refractivity contribution in [3.8, 4) is 40.0 Å². The third kappa shape index (κ3) is 4.86. The molecular weight excluding hydrogens is 470 g/mol. The summed E-state index contributed by atoms with van der Waals surface area (Å²) in [5.41, 5.74) is 4.57. The number of fused-ring (bicyclic) bond motifs is 1. The molecule has 0 saturated carbocycles. The maximum atomic E-state index is 12.4. The Morgan fingerprint density at radius 1 is 1.14 bits per heavy atom. The number of hydrogen-bond acceptors (Lipinski definition) is 7. The second kappa shape index (κ2) is 10.3. The van der Waals surface area contributed by atoms with Crippen molar-refractivity contribution < 1.29 is 23.4 Å². The molecule has 0 N–H and O–H groups in total. The number of pyridine rings is 1. The minimum atomic E-state index is -0.115. The quantitative estimate of drug-likeness (QED) is 0.348. The van der Waals surface area contributed by atoms with Crippen molar-refractivity contribution in [2.75, 3.05) is 41.0 Å². The fourth-order valence-corrected chi connectivity index (χ4v) is 4.42. The molecule has 1 fully saturated rings. The average molecular weight is 498 g/mol. The zero-order valence-electron chi connectivity index (χ0n) is 21.0. The van der Waals surface area contributed by atoms with Crippen molar-refractivity contribution >= 4 is 17.0 Å². The predicted octanol–water partition coefficient (Wildman–Crippen LogP) is 5.16. The van der Waals surface area contributed by atoms with Crippen LogP contribution in [0.1, 0.15) is 22.3 Å². The average Bonchev–Trinajstić information content (AvgIpc) is 3.61. The van der Waals surface area contributed by atoms with E-state index in [0.717, 1.165) is 24.2 Å². The predicted molar refractivity (Wildman–Crippen MR) is 139 cm³/mol. The number of ether oxygens (including phenoxy) is 3. The van der Waals surface area contributed by atoms with Crippen LogP contribution in [0.2, 0.25) is 0 Å². The lowest BCUT2D eigenvalue weighted by atomic mass is 10.0. The van der Waals surface area contributed by atoms with Crippen LogP contribution in [0, 0.1) is 17.2 Å². The molecule has 2 aromatic heterocycles. The summed E-state index contributed by atoms with van der Waals surface area (Å²) in [4.78, 5) is 18.4. The van der Waals surface area contributed by atoms with E-state index in [1.54, 1.807) is 45.6 Å². The Morgan fingerprint density at radius 2 is 2.00 bits per heavy atom. The molecule has 2 aromatic carbocycles. The van der Waals surface area contributed by atoms with E-state index >= 15 is 0 Å².